The summed E-state index contributed by atoms with van der Waals surface area (Å²) >= 11 is 1.55. The third-order valence-corrected chi connectivity index (χ3v) is 8.68. The van der Waals surface area contributed by atoms with Crippen molar-refractivity contribution in [2.75, 3.05) is 44.2 Å². The first kappa shape index (κ1) is 23.0. The number of benzene rings is 1. The Morgan fingerprint density at radius 1 is 1.03 bits per heavy atom. The highest BCUT2D eigenvalue weighted by molar-refractivity contribution is 7.89. The second-order valence-corrected chi connectivity index (χ2v) is 10.6. The number of aromatic nitrogens is 1. The van der Waals surface area contributed by atoms with Crippen LogP contribution in [0, 0.1) is 5.92 Å². The van der Waals surface area contributed by atoms with Crippen LogP contribution in [0.25, 0.3) is 0 Å². The third kappa shape index (κ3) is 4.62. The van der Waals surface area contributed by atoms with Gasteiger partial charge in [0.25, 0.3) is 0 Å². The number of hydrogen-bond acceptors (Lipinski definition) is 6. The third-order valence-electron chi connectivity index (χ3n) is 5.89. The van der Waals surface area contributed by atoms with Gasteiger partial charge in [-0.15, -0.1) is 11.3 Å². The van der Waals surface area contributed by atoms with Crippen molar-refractivity contribution in [3.05, 3.63) is 41.4 Å². The number of alkyl halides is 3. The largest absolute Gasteiger partial charge is 0.417 e. The number of piperazine rings is 1. The number of halogens is 3. The van der Waals surface area contributed by atoms with Crippen LogP contribution in [-0.4, -0.2) is 67.8 Å². The number of carbonyl (C=O) groups excluding carboxylic acids is 1. The van der Waals surface area contributed by atoms with Crippen molar-refractivity contribution in [2.45, 2.75) is 23.9 Å². The summed E-state index contributed by atoms with van der Waals surface area (Å²) in [5.41, 5.74) is -1.17. The van der Waals surface area contributed by atoms with E-state index in [4.69, 9.17) is 0 Å². The minimum absolute atomic E-state index is 0.0171. The number of hydrogen-bond donors (Lipinski definition) is 0. The first-order valence-corrected chi connectivity index (χ1v) is 12.6. The maximum absolute atomic E-state index is 13.3. The summed E-state index contributed by atoms with van der Waals surface area (Å²) in [4.78, 5) is 20.4. The van der Waals surface area contributed by atoms with Crippen LogP contribution in [0.15, 0.2) is 40.7 Å². The van der Waals surface area contributed by atoms with Crippen molar-refractivity contribution in [3.8, 4) is 0 Å². The zero-order chi connectivity index (χ0) is 22.9. The Labute approximate surface area is 188 Å². The molecule has 2 aliphatic rings. The van der Waals surface area contributed by atoms with Gasteiger partial charge in [0.05, 0.1) is 10.5 Å². The van der Waals surface area contributed by atoms with Crippen molar-refractivity contribution in [3.63, 3.8) is 0 Å². The quantitative estimate of drug-likeness (QED) is 0.662. The SMILES string of the molecule is O=C(C1CCN(S(=O)(=O)c2ccccc2C(F)(F)F)CC1)N1CCN(c2nccs2)CC1. The highest BCUT2D eigenvalue weighted by atomic mass is 32.2. The first-order chi connectivity index (χ1) is 15.2. The van der Waals surface area contributed by atoms with Crippen LogP contribution in [-0.2, 0) is 21.0 Å². The summed E-state index contributed by atoms with van der Waals surface area (Å²) in [5, 5.41) is 2.83. The van der Waals surface area contributed by atoms with Crippen LogP contribution in [0.3, 0.4) is 0 Å². The maximum Gasteiger partial charge on any atom is 0.417 e. The van der Waals surface area contributed by atoms with Crippen molar-refractivity contribution >= 4 is 32.4 Å². The van der Waals surface area contributed by atoms with Crippen LogP contribution >= 0.6 is 11.3 Å². The highest BCUT2D eigenvalue weighted by Crippen LogP contribution is 2.36. The number of thiazole rings is 1. The Hall–Kier alpha value is -2.18. The van der Waals surface area contributed by atoms with Gasteiger partial charge < -0.3 is 9.80 Å². The highest BCUT2D eigenvalue weighted by Gasteiger charge is 2.40. The lowest BCUT2D eigenvalue weighted by atomic mass is 9.96. The lowest BCUT2D eigenvalue weighted by molar-refractivity contribution is -0.140. The topological polar surface area (TPSA) is 73.8 Å². The van der Waals surface area contributed by atoms with Crippen molar-refractivity contribution in [1.82, 2.24) is 14.2 Å². The molecule has 4 rings (SSSR count). The first-order valence-electron chi connectivity index (χ1n) is 10.3. The Morgan fingerprint density at radius 2 is 1.69 bits per heavy atom. The Morgan fingerprint density at radius 3 is 2.28 bits per heavy atom. The lowest BCUT2D eigenvalue weighted by Gasteiger charge is -2.38. The zero-order valence-electron chi connectivity index (χ0n) is 17.2. The summed E-state index contributed by atoms with van der Waals surface area (Å²) in [6.07, 6.45) is -2.44. The summed E-state index contributed by atoms with van der Waals surface area (Å²) in [7, 11) is -4.31. The normalized spacial score (nSPS) is 19.3. The van der Waals surface area contributed by atoms with E-state index in [1.807, 2.05) is 5.38 Å². The number of piperidine rings is 1. The maximum atomic E-state index is 13.3. The van der Waals surface area contributed by atoms with Gasteiger partial charge in [-0.25, -0.2) is 13.4 Å². The van der Waals surface area contributed by atoms with Gasteiger partial charge in [-0.3, -0.25) is 4.79 Å². The molecule has 0 aliphatic carbocycles. The molecule has 2 aliphatic heterocycles. The van der Waals surface area contributed by atoms with Crippen LogP contribution in [0.4, 0.5) is 18.3 Å². The van der Waals surface area contributed by atoms with E-state index in [0.29, 0.717) is 39.0 Å². The Bertz CT molecular complexity index is 1040. The van der Waals surface area contributed by atoms with Gasteiger partial charge in [0, 0.05) is 56.8 Å². The molecule has 32 heavy (non-hydrogen) atoms. The van der Waals surface area contributed by atoms with Gasteiger partial charge in [-0.05, 0) is 25.0 Å². The average Bonchev–Trinajstić information content (AvgIpc) is 3.33. The van der Waals surface area contributed by atoms with E-state index in [1.165, 1.54) is 12.1 Å². The molecule has 2 saturated heterocycles. The predicted octanol–water partition coefficient (Wildman–Crippen LogP) is 2.91. The van der Waals surface area contributed by atoms with E-state index in [9.17, 15) is 26.4 Å². The van der Waals surface area contributed by atoms with E-state index in [2.05, 4.69) is 9.88 Å². The Kier molecular flexibility index (Phi) is 6.46. The Balaban J connectivity index is 1.37. The molecule has 3 heterocycles. The van der Waals surface area contributed by atoms with Gasteiger partial charge in [0.15, 0.2) is 5.13 Å². The molecule has 1 amide bonds. The molecule has 2 aromatic rings. The van der Waals surface area contributed by atoms with Gasteiger partial charge in [-0.1, -0.05) is 12.1 Å². The van der Waals surface area contributed by atoms with E-state index < -0.39 is 26.7 Å². The summed E-state index contributed by atoms with van der Waals surface area (Å²) in [6.45, 7) is 2.53. The van der Waals surface area contributed by atoms with E-state index in [0.717, 1.165) is 21.6 Å². The molecular formula is C20H23F3N4O3S2. The predicted molar refractivity (Wildman–Crippen MR) is 114 cm³/mol. The number of rotatable bonds is 4. The summed E-state index contributed by atoms with van der Waals surface area (Å²) in [6, 6.07) is 4.20. The fourth-order valence-electron chi connectivity index (χ4n) is 4.16. The monoisotopic (exact) mass is 488 g/mol. The molecule has 0 atom stereocenters. The van der Waals surface area contributed by atoms with Crippen molar-refractivity contribution in [2.24, 2.45) is 5.92 Å². The van der Waals surface area contributed by atoms with Crippen molar-refractivity contribution in [1.29, 1.82) is 0 Å². The molecule has 1 aromatic carbocycles. The molecule has 2 fully saturated rings. The standard InChI is InChI=1S/C20H23F3N4O3S2/c21-20(22,23)16-3-1-2-4-17(16)32(29,30)27-8-5-15(6-9-27)18(28)25-10-12-26(13-11-25)19-24-7-14-31-19/h1-4,7,14-15H,5-6,8-13H2. The van der Waals surface area contributed by atoms with E-state index in [1.54, 1.807) is 22.4 Å². The molecule has 12 heteroatoms. The molecule has 174 valence electrons. The van der Waals surface area contributed by atoms with Crippen LogP contribution < -0.4 is 4.90 Å². The fourth-order valence-corrected chi connectivity index (χ4v) is 6.54. The number of anilines is 1. The van der Waals surface area contributed by atoms with Gasteiger partial charge in [-0.2, -0.15) is 17.5 Å². The number of carbonyl (C=O) groups is 1. The van der Waals surface area contributed by atoms with Crippen LogP contribution in [0.1, 0.15) is 18.4 Å². The fraction of sp³-hybridized carbons (Fsp3) is 0.500. The number of sulfonamides is 1. The molecule has 0 spiro atoms. The molecule has 7 nitrogen and oxygen atoms in total. The summed E-state index contributed by atoms with van der Waals surface area (Å²) in [5.74, 6) is -0.345. The molecule has 0 N–H and O–H groups in total. The second kappa shape index (κ2) is 8.99. The second-order valence-electron chi connectivity index (χ2n) is 7.80. The zero-order valence-corrected chi connectivity index (χ0v) is 18.8. The molecule has 0 bridgehead atoms. The molecule has 1 aromatic heterocycles. The number of nitrogens with zero attached hydrogens (tertiary/aromatic N) is 4. The van der Waals surface area contributed by atoms with E-state index in [-0.39, 0.29) is 24.9 Å². The number of amides is 1. The minimum atomic E-state index is -4.77. The van der Waals surface area contributed by atoms with Crippen LogP contribution in [0.2, 0.25) is 0 Å². The summed E-state index contributed by atoms with van der Waals surface area (Å²) < 4.78 is 66.8. The van der Waals surface area contributed by atoms with Crippen molar-refractivity contribution < 1.29 is 26.4 Å². The minimum Gasteiger partial charge on any atom is -0.345 e. The average molecular weight is 489 g/mol. The molecular weight excluding hydrogens is 465 g/mol. The molecule has 0 unspecified atom stereocenters. The van der Waals surface area contributed by atoms with E-state index >= 15 is 0 Å². The van der Waals surface area contributed by atoms with Gasteiger partial charge in [0.1, 0.15) is 0 Å². The van der Waals surface area contributed by atoms with Crippen LogP contribution in [0.5, 0.6) is 0 Å². The lowest BCUT2D eigenvalue weighted by Crippen LogP contribution is -2.52. The smallest absolute Gasteiger partial charge is 0.345 e. The van der Waals surface area contributed by atoms with Gasteiger partial charge in [0.2, 0.25) is 15.9 Å². The van der Waals surface area contributed by atoms with Gasteiger partial charge >= 0.3 is 6.18 Å². The molecule has 0 radical (unpaired) electrons. The molecule has 0 saturated carbocycles.